The summed E-state index contributed by atoms with van der Waals surface area (Å²) in [7, 11) is 0. The van der Waals surface area contributed by atoms with Crippen LogP contribution in [0.2, 0.25) is 0 Å². The largest absolute Gasteiger partial charge is 0.492 e. The van der Waals surface area contributed by atoms with Gasteiger partial charge in [-0.25, -0.2) is 0 Å². The summed E-state index contributed by atoms with van der Waals surface area (Å²) in [5.74, 6) is 1.70. The molecule has 3 nitrogen and oxygen atoms in total. The van der Waals surface area contributed by atoms with E-state index in [-0.39, 0.29) is 0 Å². The maximum absolute atomic E-state index is 6.02. The van der Waals surface area contributed by atoms with Crippen molar-refractivity contribution in [3.8, 4) is 5.75 Å². The van der Waals surface area contributed by atoms with Crippen molar-refractivity contribution in [3.05, 3.63) is 29.8 Å². The number of ether oxygens (including phenoxy) is 1. The van der Waals surface area contributed by atoms with Crippen LogP contribution in [0, 0.1) is 5.92 Å². The van der Waals surface area contributed by atoms with Crippen LogP contribution in [-0.4, -0.2) is 37.2 Å². The average molecular weight is 290 g/mol. The SMILES string of the molecule is CC(C)CNCc1ccccc1OCCN1CCCC1C. The van der Waals surface area contributed by atoms with Gasteiger partial charge < -0.3 is 10.1 Å². The first-order valence-electron chi connectivity index (χ1n) is 8.32. The van der Waals surface area contributed by atoms with Gasteiger partial charge in [-0.2, -0.15) is 0 Å². The molecule has 1 unspecified atom stereocenters. The summed E-state index contributed by atoms with van der Waals surface area (Å²) in [6, 6.07) is 9.10. The third-order valence-corrected chi connectivity index (χ3v) is 4.17. The maximum Gasteiger partial charge on any atom is 0.123 e. The maximum atomic E-state index is 6.02. The first kappa shape index (κ1) is 16.3. The van der Waals surface area contributed by atoms with Crippen molar-refractivity contribution in [2.24, 2.45) is 5.92 Å². The van der Waals surface area contributed by atoms with Crippen LogP contribution >= 0.6 is 0 Å². The van der Waals surface area contributed by atoms with Crippen molar-refractivity contribution in [2.75, 3.05) is 26.2 Å². The molecule has 1 atom stereocenters. The number of likely N-dealkylation sites (tertiary alicyclic amines) is 1. The van der Waals surface area contributed by atoms with Crippen LogP contribution in [0.4, 0.5) is 0 Å². The Morgan fingerprint density at radius 3 is 2.86 bits per heavy atom. The number of hydrogen-bond acceptors (Lipinski definition) is 3. The molecular weight excluding hydrogens is 260 g/mol. The van der Waals surface area contributed by atoms with Gasteiger partial charge in [0.2, 0.25) is 0 Å². The average Bonchev–Trinajstić information content (AvgIpc) is 2.86. The van der Waals surface area contributed by atoms with E-state index < -0.39 is 0 Å². The predicted octanol–water partition coefficient (Wildman–Crippen LogP) is 3.30. The molecule has 1 aromatic rings. The molecule has 1 saturated heterocycles. The van der Waals surface area contributed by atoms with E-state index >= 15 is 0 Å². The quantitative estimate of drug-likeness (QED) is 0.795. The van der Waals surface area contributed by atoms with Gasteiger partial charge in [-0.15, -0.1) is 0 Å². The van der Waals surface area contributed by atoms with Crippen LogP contribution in [0.3, 0.4) is 0 Å². The van der Waals surface area contributed by atoms with E-state index in [9.17, 15) is 0 Å². The topological polar surface area (TPSA) is 24.5 Å². The summed E-state index contributed by atoms with van der Waals surface area (Å²) in [6.07, 6.45) is 2.66. The fourth-order valence-electron chi connectivity index (χ4n) is 2.88. The molecule has 0 radical (unpaired) electrons. The Kier molecular flexibility index (Phi) is 6.52. The summed E-state index contributed by atoms with van der Waals surface area (Å²) in [4.78, 5) is 2.53. The lowest BCUT2D eigenvalue weighted by atomic mass is 10.2. The van der Waals surface area contributed by atoms with Crippen molar-refractivity contribution in [1.29, 1.82) is 0 Å². The summed E-state index contributed by atoms with van der Waals surface area (Å²) in [6.45, 7) is 11.7. The minimum absolute atomic E-state index is 0.676. The highest BCUT2D eigenvalue weighted by molar-refractivity contribution is 5.33. The number of benzene rings is 1. The van der Waals surface area contributed by atoms with Crippen molar-refractivity contribution in [3.63, 3.8) is 0 Å². The van der Waals surface area contributed by atoms with Crippen molar-refractivity contribution >= 4 is 0 Å². The number of hydrogen-bond donors (Lipinski definition) is 1. The summed E-state index contributed by atoms with van der Waals surface area (Å²) < 4.78 is 6.02. The van der Waals surface area contributed by atoms with E-state index in [0.29, 0.717) is 5.92 Å². The number of para-hydroxylation sites is 1. The Bertz CT molecular complexity index is 419. The fourth-order valence-corrected chi connectivity index (χ4v) is 2.88. The van der Waals surface area contributed by atoms with Crippen LogP contribution in [0.1, 0.15) is 39.2 Å². The third-order valence-electron chi connectivity index (χ3n) is 4.17. The molecule has 2 rings (SSSR count). The molecule has 1 heterocycles. The Morgan fingerprint density at radius 2 is 2.14 bits per heavy atom. The highest BCUT2D eigenvalue weighted by atomic mass is 16.5. The normalized spacial score (nSPS) is 19.3. The molecule has 0 saturated carbocycles. The highest BCUT2D eigenvalue weighted by Gasteiger charge is 2.19. The lowest BCUT2D eigenvalue weighted by Crippen LogP contribution is -2.31. The first-order valence-corrected chi connectivity index (χ1v) is 8.32. The molecule has 0 amide bonds. The van der Waals surface area contributed by atoms with Crippen LogP contribution in [0.5, 0.6) is 5.75 Å². The Hall–Kier alpha value is -1.06. The molecule has 3 heteroatoms. The second-order valence-electron chi connectivity index (χ2n) is 6.51. The van der Waals surface area contributed by atoms with Gasteiger partial charge in [0.1, 0.15) is 12.4 Å². The minimum atomic E-state index is 0.676. The van der Waals surface area contributed by atoms with Gasteiger partial charge in [-0.05, 0) is 44.8 Å². The van der Waals surface area contributed by atoms with Gasteiger partial charge in [-0.3, -0.25) is 4.90 Å². The van der Waals surface area contributed by atoms with Crippen LogP contribution in [0.15, 0.2) is 24.3 Å². The zero-order valence-electron chi connectivity index (χ0n) is 13.8. The lowest BCUT2D eigenvalue weighted by Gasteiger charge is -2.21. The standard InChI is InChI=1S/C18H30N2O/c1-15(2)13-19-14-17-8-4-5-9-18(17)21-12-11-20-10-6-7-16(20)3/h4-5,8-9,15-16,19H,6-7,10-14H2,1-3H3. The highest BCUT2D eigenvalue weighted by Crippen LogP contribution is 2.19. The van der Waals surface area contributed by atoms with Gasteiger partial charge in [-0.1, -0.05) is 32.0 Å². The number of rotatable bonds is 8. The molecule has 1 fully saturated rings. The molecular formula is C18H30N2O. The van der Waals surface area contributed by atoms with Gasteiger partial charge >= 0.3 is 0 Å². The summed E-state index contributed by atoms with van der Waals surface area (Å²) in [5.41, 5.74) is 1.26. The van der Waals surface area contributed by atoms with Gasteiger partial charge in [0.15, 0.2) is 0 Å². The lowest BCUT2D eigenvalue weighted by molar-refractivity contribution is 0.203. The molecule has 0 spiro atoms. The van der Waals surface area contributed by atoms with E-state index in [4.69, 9.17) is 4.74 Å². The Morgan fingerprint density at radius 1 is 1.33 bits per heavy atom. The second-order valence-corrected chi connectivity index (χ2v) is 6.51. The van der Waals surface area contributed by atoms with E-state index in [1.165, 1.54) is 24.9 Å². The third kappa shape index (κ3) is 5.33. The zero-order chi connectivity index (χ0) is 15.1. The summed E-state index contributed by atoms with van der Waals surface area (Å²) in [5, 5.41) is 3.49. The molecule has 0 aromatic heterocycles. The molecule has 21 heavy (non-hydrogen) atoms. The Balaban J connectivity index is 1.79. The van der Waals surface area contributed by atoms with E-state index in [0.717, 1.165) is 38.0 Å². The molecule has 1 N–H and O–H groups in total. The van der Waals surface area contributed by atoms with Crippen molar-refractivity contribution in [2.45, 2.75) is 46.2 Å². The van der Waals surface area contributed by atoms with Crippen molar-refractivity contribution < 1.29 is 4.74 Å². The molecule has 118 valence electrons. The molecule has 1 aliphatic rings. The smallest absolute Gasteiger partial charge is 0.123 e. The van der Waals surface area contributed by atoms with Crippen LogP contribution < -0.4 is 10.1 Å². The van der Waals surface area contributed by atoms with Gasteiger partial charge in [0, 0.05) is 24.7 Å². The fraction of sp³-hybridized carbons (Fsp3) is 0.667. The monoisotopic (exact) mass is 290 g/mol. The van der Waals surface area contributed by atoms with Gasteiger partial charge in [0.05, 0.1) is 0 Å². The molecule has 1 aromatic carbocycles. The molecule has 0 bridgehead atoms. The minimum Gasteiger partial charge on any atom is -0.492 e. The van der Waals surface area contributed by atoms with Crippen LogP contribution in [-0.2, 0) is 6.54 Å². The zero-order valence-corrected chi connectivity index (χ0v) is 13.8. The number of nitrogens with one attached hydrogen (secondary N) is 1. The summed E-state index contributed by atoms with van der Waals surface area (Å²) >= 11 is 0. The van der Waals surface area contributed by atoms with Crippen LogP contribution in [0.25, 0.3) is 0 Å². The van der Waals surface area contributed by atoms with E-state index in [2.05, 4.69) is 55.3 Å². The molecule has 0 aliphatic carbocycles. The van der Waals surface area contributed by atoms with Gasteiger partial charge in [0.25, 0.3) is 0 Å². The molecule has 1 aliphatic heterocycles. The Labute approximate surface area is 129 Å². The van der Waals surface area contributed by atoms with E-state index in [1.54, 1.807) is 0 Å². The predicted molar refractivity (Wildman–Crippen MR) is 88.8 cm³/mol. The second kappa shape index (κ2) is 8.40. The number of nitrogens with zero attached hydrogens (tertiary/aromatic N) is 1. The van der Waals surface area contributed by atoms with Crippen molar-refractivity contribution in [1.82, 2.24) is 10.2 Å². The first-order chi connectivity index (χ1) is 10.2. The van der Waals surface area contributed by atoms with E-state index in [1.807, 2.05) is 0 Å².